The van der Waals surface area contributed by atoms with Crippen molar-refractivity contribution in [2.45, 2.75) is 38.5 Å². The number of carbonyl (C=O) groups is 2. The van der Waals surface area contributed by atoms with Crippen LogP contribution in [0.15, 0.2) is 22.2 Å². The minimum Gasteiger partial charge on any atom is -0.342 e. The van der Waals surface area contributed by atoms with Crippen molar-refractivity contribution in [3.63, 3.8) is 0 Å². The van der Waals surface area contributed by atoms with Gasteiger partial charge in [-0.25, -0.2) is 4.98 Å². The molecule has 27 heavy (non-hydrogen) atoms. The molecule has 0 atom stereocenters. The van der Waals surface area contributed by atoms with Gasteiger partial charge in [0.25, 0.3) is 0 Å². The van der Waals surface area contributed by atoms with E-state index in [1.165, 1.54) is 6.42 Å². The summed E-state index contributed by atoms with van der Waals surface area (Å²) in [5, 5.41) is 7.08. The van der Waals surface area contributed by atoms with Crippen molar-refractivity contribution in [2.24, 2.45) is 5.92 Å². The van der Waals surface area contributed by atoms with Gasteiger partial charge in [-0.2, -0.15) is 11.3 Å². The average Bonchev–Trinajstić information content (AvgIpc) is 3.40. The van der Waals surface area contributed by atoms with Gasteiger partial charge in [0.15, 0.2) is 0 Å². The Morgan fingerprint density at radius 3 is 2.52 bits per heavy atom. The third-order valence-corrected chi connectivity index (χ3v) is 7.14. The van der Waals surface area contributed by atoms with Crippen LogP contribution in [0.1, 0.15) is 37.8 Å². The molecule has 2 amide bonds. The number of rotatable bonds is 4. The maximum Gasteiger partial charge on any atom is 0.228 e. The minimum atomic E-state index is 0.0941. The quantitative estimate of drug-likeness (QED) is 0.783. The Bertz CT molecular complexity index is 773. The number of piperidine rings is 2. The van der Waals surface area contributed by atoms with Gasteiger partial charge in [-0.15, -0.1) is 11.3 Å². The summed E-state index contributed by atoms with van der Waals surface area (Å²) >= 11 is 3.24. The Balaban J connectivity index is 1.28. The molecule has 2 aromatic rings. The van der Waals surface area contributed by atoms with Crippen LogP contribution in [-0.2, 0) is 16.0 Å². The van der Waals surface area contributed by atoms with Gasteiger partial charge in [0.1, 0.15) is 5.01 Å². The zero-order valence-electron chi connectivity index (χ0n) is 15.4. The highest BCUT2D eigenvalue weighted by Gasteiger charge is 2.30. The van der Waals surface area contributed by atoms with E-state index in [1.807, 2.05) is 20.6 Å². The van der Waals surface area contributed by atoms with Crippen LogP contribution in [0.5, 0.6) is 0 Å². The van der Waals surface area contributed by atoms with Gasteiger partial charge in [-0.3, -0.25) is 9.59 Å². The SMILES string of the molecule is O=C(Cc1csc(-c2ccsc2)n1)N1CCC(C(=O)N2CCCCC2)CC1. The topological polar surface area (TPSA) is 53.5 Å². The Morgan fingerprint density at radius 1 is 1.04 bits per heavy atom. The lowest BCUT2D eigenvalue weighted by molar-refractivity contribution is -0.141. The van der Waals surface area contributed by atoms with E-state index in [4.69, 9.17) is 0 Å². The Labute approximate surface area is 168 Å². The van der Waals surface area contributed by atoms with E-state index in [-0.39, 0.29) is 11.8 Å². The molecule has 2 aliphatic heterocycles. The molecule has 0 N–H and O–H groups in total. The van der Waals surface area contributed by atoms with Crippen molar-refractivity contribution in [2.75, 3.05) is 26.2 Å². The molecule has 2 aromatic heterocycles. The van der Waals surface area contributed by atoms with Gasteiger partial charge in [0.2, 0.25) is 11.8 Å². The highest BCUT2D eigenvalue weighted by atomic mass is 32.1. The molecule has 0 aromatic carbocycles. The molecule has 2 saturated heterocycles. The molecule has 0 aliphatic carbocycles. The Morgan fingerprint density at radius 2 is 1.81 bits per heavy atom. The fraction of sp³-hybridized carbons (Fsp3) is 0.550. The molecule has 144 valence electrons. The Kier molecular flexibility index (Phi) is 5.88. The van der Waals surface area contributed by atoms with E-state index in [1.54, 1.807) is 22.7 Å². The molecule has 0 saturated carbocycles. The van der Waals surface area contributed by atoms with Crippen molar-refractivity contribution < 1.29 is 9.59 Å². The first-order chi connectivity index (χ1) is 13.2. The number of likely N-dealkylation sites (tertiary alicyclic amines) is 2. The largest absolute Gasteiger partial charge is 0.342 e. The molecule has 5 nitrogen and oxygen atoms in total. The molecule has 2 fully saturated rings. The third-order valence-electron chi connectivity index (χ3n) is 5.52. The van der Waals surface area contributed by atoms with Crippen molar-refractivity contribution in [1.82, 2.24) is 14.8 Å². The van der Waals surface area contributed by atoms with Crippen LogP contribution >= 0.6 is 22.7 Å². The molecule has 4 rings (SSSR count). The monoisotopic (exact) mass is 403 g/mol. The van der Waals surface area contributed by atoms with E-state index >= 15 is 0 Å². The number of hydrogen-bond donors (Lipinski definition) is 0. The van der Waals surface area contributed by atoms with E-state index in [2.05, 4.69) is 16.4 Å². The molecule has 0 radical (unpaired) electrons. The molecule has 4 heterocycles. The van der Waals surface area contributed by atoms with Gasteiger partial charge < -0.3 is 9.80 Å². The predicted molar refractivity (Wildman–Crippen MR) is 109 cm³/mol. The first-order valence-corrected chi connectivity index (χ1v) is 11.6. The van der Waals surface area contributed by atoms with Gasteiger partial charge >= 0.3 is 0 Å². The summed E-state index contributed by atoms with van der Waals surface area (Å²) in [5.41, 5.74) is 1.97. The number of nitrogens with zero attached hydrogens (tertiary/aromatic N) is 3. The molecule has 0 spiro atoms. The van der Waals surface area contributed by atoms with Crippen LogP contribution in [0.4, 0.5) is 0 Å². The van der Waals surface area contributed by atoms with Gasteiger partial charge in [0, 0.05) is 48.4 Å². The maximum atomic E-state index is 12.7. The molecular weight excluding hydrogens is 378 g/mol. The van der Waals surface area contributed by atoms with Crippen LogP contribution in [0.2, 0.25) is 0 Å². The molecule has 2 aliphatic rings. The highest BCUT2D eigenvalue weighted by molar-refractivity contribution is 7.14. The second-order valence-electron chi connectivity index (χ2n) is 7.37. The standard InChI is InChI=1S/C20H25N3O2S2/c24-18(12-17-14-27-19(21-17)16-6-11-26-13-16)22-9-4-15(5-10-22)20(25)23-7-2-1-3-8-23/h6,11,13-15H,1-5,7-10,12H2. The number of amides is 2. The Hall–Kier alpha value is -1.73. The second-order valence-corrected chi connectivity index (χ2v) is 9.01. The fourth-order valence-corrected chi connectivity index (χ4v) is 5.45. The first-order valence-electron chi connectivity index (χ1n) is 9.74. The summed E-state index contributed by atoms with van der Waals surface area (Å²) in [6.07, 6.45) is 5.43. The summed E-state index contributed by atoms with van der Waals surface area (Å²) in [7, 11) is 0. The average molecular weight is 404 g/mol. The summed E-state index contributed by atoms with van der Waals surface area (Å²) < 4.78 is 0. The van der Waals surface area contributed by atoms with Crippen molar-refractivity contribution in [3.8, 4) is 10.6 Å². The van der Waals surface area contributed by atoms with Crippen molar-refractivity contribution in [1.29, 1.82) is 0 Å². The number of carbonyl (C=O) groups excluding carboxylic acids is 2. The van der Waals surface area contributed by atoms with Gasteiger partial charge in [-0.1, -0.05) is 0 Å². The molecular formula is C20H25N3O2S2. The second kappa shape index (κ2) is 8.52. The van der Waals surface area contributed by atoms with Crippen LogP contribution in [0.3, 0.4) is 0 Å². The fourth-order valence-electron chi connectivity index (χ4n) is 3.92. The molecule has 0 bridgehead atoms. The predicted octanol–water partition coefficient (Wildman–Crippen LogP) is 3.67. The minimum absolute atomic E-state index is 0.0941. The van der Waals surface area contributed by atoms with E-state index in [9.17, 15) is 9.59 Å². The smallest absolute Gasteiger partial charge is 0.228 e. The zero-order valence-corrected chi connectivity index (χ0v) is 17.1. The van der Waals surface area contributed by atoms with Crippen LogP contribution in [0, 0.1) is 5.92 Å². The lowest BCUT2D eigenvalue weighted by Gasteiger charge is -2.35. The number of hydrogen-bond acceptors (Lipinski definition) is 5. The summed E-state index contributed by atoms with van der Waals surface area (Å²) in [6.45, 7) is 3.19. The highest BCUT2D eigenvalue weighted by Crippen LogP contribution is 2.27. The first kappa shape index (κ1) is 18.6. The van der Waals surface area contributed by atoms with E-state index in [0.29, 0.717) is 25.4 Å². The maximum absolute atomic E-state index is 12.7. The van der Waals surface area contributed by atoms with E-state index in [0.717, 1.165) is 55.0 Å². The molecule has 0 unspecified atom stereocenters. The third kappa shape index (κ3) is 4.41. The summed E-state index contributed by atoms with van der Waals surface area (Å²) in [5.74, 6) is 0.527. The summed E-state index contributed by atoms with van der Waals surface area (Å²) in [4.78, 5) is 33.8. The van der Waals surface area contributed by atoms with Crippen molar-refractivity contribution in [3.05, 3.63) is 27.9 Å². The number of thiazole rings is 1. The lowest BCUT2D eigenvalue weighted by atomic mass is 9.94. The number of thiophene rings is 1. The normalized spacial score (nSPS) is 18.7. The zero-order chi connectivity index (χ0) is 18.6. The van der Waals surface area contributed by atoms with Crippen LogP contribution < -0.4 is 0 Å². The molecule has 7 heteroatoms. The van der Waals surface area contributed by atoms with Gasteiger partial charge in [0.05, 0.1) is 12.1 Å². The lowest BCUT2D eigenvalue weighted by Crippen LogP contribution is -2.46. The van der Waals surface area contributed by atoms with Crippen LogP contribution in [-0.4, -0.2) is 52.8 Å². The van der Waals surface area contributed by atoms with Crippen molar-refractivity contribution >= 4 is 34.5 Å². The summed E-state index contributed by atoms with van der Waals surface area (Å²) in [6, 6.07) is 2.05. The van der Waals surface area contributed by atoms with Crippen LogP contribution in [0.25, 0.3) is 10.6 Å². The van der Waals surface area contributed by atoms with Gasteiger partial charge in [-0.05, 0) is 43.6 Å². The van der Waals surface area contributed by atoms with E-state index < -0.39 is 0 Å². The number of aromatic nitrogens is 1.